The molecule has 2 nitrogen and oxygen atoms in total. The normalized spacial score (nSPS) is 13.9. The Morgan fingerprint density at radius 1 is 1.15 bits per heavy atom. The Balaban J connectivity index is 1.89. The summed E-state index contributed by atoms with van der Waals surface area (Å²) in [6, 6.07) is 5.19. The van der Waals surface area contributed by atoms with Gasteiger partial charge in [-0.3, -0.25) is 4.79 Å². The Morgan fingerprint density at radius 3 is 2.60 bits per heavy atom. The number of fused-ring (bicyclic) bond motifs is 1. The number of hydrogen-bond acceptors (Lipinski definition) is 2. The largest absolute Gasteiger partial charge is 0.319 e. The number of halogens is 2. The van der Waals surface area contributed by atoms with Gasteiger partial charge in [0.2, 0.25) is 0 Å². The molecule has 1 heterocycles. The van der Waals surface area contributed by atoms with Crippen LogP contribution in [0.1, 0.15) is 33.6 Å². The summed E-state index contributed by atoms with van der Waals surface area (Å²) < 4.78 is 0. The highest BCUT2D eigenvalue weighted by atomic mass is 35.5. The van der Waals surface area contributed by atoms with Crippen LogP contribution in [0.2, 0.25) is 10.0 Å². The fraction of sp³-hybridized carbons (Fsp3) is 0.267. The van der Waals surface area contributed by atoms with Crippen LogP contribution in [-0.4, -0.2) is 5.91 Å². The lowest BCUT2D eigenvalue weighted by molar-refractivity contribution is 0.102. The van der Waals surface area contributed by atoms with E-state index in [1.165, 1.54) is 16.9 Å². The average Bonchev–Trinajstić information content (AvgIpc) is 2.87. The summed E-state index contributed by atoms with van der Waals surface area (Å²) in [5, 5.41) is 5.68. The van der Waals surface area contributed by atoms with Gasteiger partial charge in [0.25, 0.3) is 5.91 Å². The molecule has 0 spiro atoms. The molecule has 0 fully saturated rings. The van der Waals surface area contributed by atoms with Gasteiger partial charge in [-0.15, -0.1) is 11.3 Å². The fourth-order valence-electron chi connectivity index (χ4n) is 2.48. The second-order valence-corrected chi connectivity index (χ2v) is 6.59. The van der Waals surface area contributed by atoms with E-state index >= 15 is 0 Å². The van der Waals surface area contributed by atoms with E-state index in [9.17, 15) is 4.79 Å². The molecule has 1 amide bonds. The lowest BCUT2D eigenvalue weighted by atomic mass is 9.95. The number of para-hydroxylation sites is 1. The quantitative estimate of drug-likeness (QED) is 0.809. The summed E-state index contributed by atoms with van der Waals surface area (Å²) in [4.78, 5) is 13.8. The van der Waals surface area contributed by atoms with Crippen LogP contribution in [0.15, 0.2) is 23.6 Å². The first kappa shape index (κ1) is 13.9. The minimum absolute atomic E-state index is 0.126. The molecule has 1 N–H and O–H groups in total. The molecular weight excluding hydrogens is 313 g/mol. The minimum atomic E-state index is -0.126. The molecule has 20 heavy (non-hydrogen) atoms. The van der Waals surface area contributed by atoms with Crippen molar-refractivity contribution in [3.63, 3.8) is 0 Å². The second-order valence-electron chi connectivity index (χ2n) is 4.81. The third kappa shape index (κ3) is 2.58. The predicted molar refractivity (Wildman–Crippen MR) is 85.4 cm³/mol. The number of nitrogens with one attached hydrogen (secondary N) is 1. The lowest BCUT2D eigenvalue weighted by Crippen LogP contribution is -2.15. The maximum Gasteiger partial charge on any atom is 0.256 e. The topological polar surface area (TPSA) is 29.1 Å². The van der Waals surface area contributed by atoms with E-state index in [-0.39, 0.29) is 5.91 Å². The second kappa shape index (κ2) is 5.76. The first-order valence-electron chi connectivity index (χ1n) is 6.51. The van der Waals surface area contributed by atoms with Crippen molar-refractivity contribution in [1.29, 1.82) is 0 Å². The van der Waals surface area contributed by atoms with Crippen molar-refractivity contribution in [3.8, 4) is 0 Å². The fourth-order valence-corrected chi connectivity index (χ4v) is 4.10. The summed E-state index contributed by atoms with van der Waals surface area (Å²) in [7, 11) is 0. The zero-order valence-corrected chi connectivity index (χ0v) is 13.0. The van der Waals surface area contributed by atoms with E-state index in [4.69, 9.17) is 23.2 Å². The van der Waals surface area contributed by atoms with Gasteiger partial charge in [0.05, 0.1) is 21.3 Å². The van der Waals surface area contributed by atoms with Crippen molar-refractivity contribution in [2.75, 3.05) is 5.32 Å². The molecule has 3 rings (SSSR count). The van der Waals surface area contributed by atoms with Gasteiger partial charge in [-0.25, -0.2) is 0 Å². The van der Waals surface area contributed by atoms with Crippen LogP contribution in [0.5, 0.6) is 0 Å². The maximum atomic E-state index is 12.4. The van der Waals surface area contributed by atoms with E-state index in [0.717, 1.165) is 24.8 Å². The molecule has 0 saturated carbocycles. The molecule has 0 saturated heterocycles. The van der Waals surface area contributed by atoms with Gasteiger partial charge in [-0.05, 0) is 43.4 Å². The zero-order valence-electron chi connectivity index (χ0n) is 10.7. The van der Waals surface area contributed by atoms with E-state index in [1.54, 1.807) is 29.5 Å². The maximum absolute atomic E-state index is 12.4. The molecule has 0 atom stereocenters. The molecule has 5 heteroatoms. The SMILES string of the molecule is O=C(Nc1c(Cl)cccc1Cl)c1csc2c1CCCC2. The van der Waals surface area contributed by atoms with Crippen molar-refractivity contribution >= 4 is 46.1 Å². The van der Waals surface area contributed by atoms with Gasteiger partial charge in [-0.2, -0.15) is 0 Å². The lowest BCUT2D eigenvalue weighted by Gasteiger charge is -2.13. The number of amides is 1. The summed E-state index contributed by atoms with van der Waals surface area (Å²) in [6.45, 7) is 0. The number of rotatable bonds is 2. The zero-order chi connectivity index (χ0) is 14.1. The molecule has 1 aliphatic rings. The number of benzene rings is 1. The molecule has 2 aromatic rings. The van der Waals surface area contributed by atoms with E-state index < -0.39 is 0 Å². The van der Waals surface area contributed by atoms with Crippen molar-refractivity contribution < 1.29 is 4.79 Å². The Hall–Kier alpha value is -1.03. The van der Waals surface area contributed by atoms with Crippen molar-refractivity contribution in [2.45, 2.75) is 25.7 Å². The highest BCUT2D eigenvalue weighted by molar-refractivity contribution is 7.10. The van der Waals surface area contributed by atoms with Crippen molar-refractivity contribution in [2.24, 2.45) is 0 Å². The monoisotopic (exact) mass is 325 g/mol. The molecular formula is C15H13Cl2NOS. The van der Waals surface area contributed by atoms with E-state index in [1.807, 2.05) is 5.38 Å². The highest BCUT2D eigenvalue weighted by Crippen LogP contribution is 2.33. The van der Waals surface area contributed by atoms with Crippen LogP contribution in [0, 0.1) is 0 Å². The van der Waals surface area contributed by atoms with Gasteiger partial charge in [0.1, 0.15) is 0 Å². The number of hydrogen-bond donors (Lipinski definition) is 1. The number of anilines is 1. The number of carbonyl (C=O) groups excluding carboxylic acids is 1. The van der Waals surface area contributed by atoms with Gasteiger partial charge in [-0.1, -0.05) is 29.3 Å². The van der Waals surface area contributed by atoms with E-state index in [2.05, 4.69) is 5.32 Å². The Labute approximate surface area is 131 Å². The van der Waals surface area contributed by atoms with Crippen LogP contribution in [0.3, 0.4) is 0 Å². The molecule has 104 valence electrons. The van der Waals surface area contributed by atoms with E-state index in [0.29, 0.717) is 15.7 Å². The molecule has 0 radical (unpaired) electrons. The molecule has 0 aliphatic heterocycles. The standard InChI is InChI=1S/C15H13Cl2NOS/c16-11-5-3-6-12(17)14(11)18-15(19)10-8-20-13-7-2-1-4-9(10)13/h3,5-6,8H,1-2,4,7H2,(H,18,19). The molecule has 1 aromatic heterocycles. The Kier molecular flexibility index (Phi) is 4.01. The van der Waals surface area contributed by atoms with Crippen LogP contribution in [-0.2, 0) is 12.8 Å². The number of thiophene rings is 1. The van der Waals surface area contributed by atoms with Gasteiger partial charge >= 0.3 is 0 Å². The Bertz CT molecular complexity index is 646. The van der Waals surface area contributed by atoms with Gasteiger partial charge in [0.15, 0.2) is 0 Å². The number of carbonyl (C=O) groups is 1. The average molecular weight is 326 g/mol. The Morgan fingerprint density at radius 2 is 1.85 bits per heavy atom. The van der Waals surface area contributed by atoms with Crippen LogP contribution >= 0.6 is 34.5 Å². The van der Waals surface area contributed by atoms with Gasteiger partial charge in [0, 0.05) is 10.3 Å². The number of aryl methyl sites for hydroxylation is 1. The first-order chi connectivity index (χ1) is 9.66. The predicted octanol–water partition coefficient (Wildman–Crippen LogP) is 5.19. The summed E-state index contributed by atoms with van der Waals surface area (Å²) in [5.74, 6) is -0.126. The van der Waals surface area contributed by atoms with Crippen LogP contribution in [0.25, 0.3) is 0 Å². The summed E-state index contributed by atoms with van der Waals surface area (Å²) in [5.41, 5.74) is 2.44. The third-order valence-electron chi connectivity index (χ3n) is 3.51. The van der Waals surface area contributed by atoms with Crippen LogP contribution < -0.4 is 5.32 Å². The van der Waals surface area contributed by atoms with Crippen molar-refractivity contribution in [3.05, 3.63) is 49.6 Å². The first-order valence-corrected chi connectivity index (χ1v) is 8.15. The summed E-state index contributed by atoms with van der Waals surface area (Å²) >= 11 is 13.8. The molecule has 1 aromatic carbocycles. The molecule has 1 aliphatic carbocycles. The van der Waals surface area contributed by atoms with Gasteiger partial charge < -0.3 is 5.32 Å². The minimum Gasteiger partial charge on any atom is -0.319 e. The van der Waals surface area contributed by atoms with Crippen molar-refractivity contribution in [1.82, 2.24) is 0 Å². The molecule has 0 unspecified atom stereocenters. The highest BCUT2D eigenvalue weighted by Gasteiger charge is 2.21. The third-order valence-corrected chi connectivity index (χ3v) is 5.23. The smallest absolute Gasteiger partial charge is 0.256 e. The van der Waals surface area contributed by atoms with Crippen LogP contribution in [0.4, 0.5) is 5.69 Å². The summed E-state index contributed by atoms with van der Waals surface area (Å²) in [6.07, 6.45) is 4.43. The molecule has 0 bridgehead atoms.